The molecule has 0 amide bonds. The number of rotatable bonds is 9. The van der Waals surface area contributed by atoms with E-state index in [9.17, 15) is 4.79 Å². The quantitative estimate of drug-likeness (QED) is 0.458. The van der Waals surface area contributed by atoms with Gasteiger partial charge in [-0.15, -0.1) is 0 Å². The fourth-order valence-corrected chi connectivity index (χ4v) is 1.30. The normalized spacial score (nSPS) is 13.2. The molecule has 0 bridgehead atoms. The summed E-state index contributed by atoms with van der Waals surface area (Å²) in [7, 11) is 0. The molecule has 3 nitrogen and oxygen atoms in total. The van der Waals surface area contributed by atoms with E-state index in [0.29, 0.717) is 12.8 Å². The van der Waals surface area contributed by atoms with Crippen molar-refractivity contribution in [1.29, 1.82) is 0 Å². The number of aliphatic carboxylic acids is 1. The zero-order valence-corrected chi connectivity index (χ0v) is 9.48. The molecule has 15 heavy (non-hydrogen) atoms. The second kappa shape index (κ2) is 9.71. The van der Waals surface area contributed by atoms with E-state index >= 15 is 0 Å². The van der Waals surface area contributed by atoms with Crippen LogP contribution in [0.1, 0.15) is 51.9 Å². The van der Waals surface area contributed by atoms with Crippen LogP contribution >= 0.6 is 0 Å². The van der Waals surface area contributed by atoms with Crippen LogP contribution in [0.2, 0.25) is 0 Å². The van der Waals surface area contributed by atoms with E-state index < -0.39 is 12.1 Å². The van der Waals surface area contributed by atoms with Crippen molar-refractivity contribution in [2.45, 2.75) is 58.0 Å². The zero-order chi connectivity index (χ0) is 11.5. The highest BCUT2D eigenvalue weighted by molar-refractivity contribution is 5.71. The number of carboxylic acids is 1. The molecule has 1 atom stereocenters. The molecule has 0 aromatic rings. The Kier molecular flexibility index (Phi) is 9.18. The highest BCUT2D eigenvalue weighted by Crippen LogP contribution is 2.04. The van der Waals surface area contributed by atoms with Crippen molar-refractivity contribution in [1.82, 2.24) is 0 Å². The van der Waals surface area contributed by atoms with Crippen LogP contribution in [0.5, 0.6) is 0 Å². The molecule has 0 aliphatic rings. The summed E-state index contributed by atoms with van der Waals surface area (Å²) in [6, 6.07) is 0. The summed E-state index contributed by atoms with van der Waals surface area (Å²) in [4.78, 5) is 10.3. The maximum absolute atomic E-state index is 10.3. The van der Waals surface area contributed by atoms with Gasteiger partial charge in [0.15, 0.2) is 6.10 Å². The van der Waals surface area contributed by atoms with Gasteiger partial charge in [-0.2, -0.15) is 0 Å². The van der Waals surface area contributed by atoms with Gasteiger partial charge in [-0.1, -0.05) is 38.3 Å². The number of hydrogen-bond donors (Lipinski definition) is 2. The van der Waals surface area contributed by atoms with Gasteiger partial charge >= 0.3 is 5.97 Å². The van der Waals surface area contributed by atoms with Crippen LogP contribution in [0, 0.1) is 0 Å². The molecule has 0 aliphatic heterocycles. The van der Waals surface area contributed by atoms with E-state index in [1.165, 1.54) is 25.7 Å². The minimum absolute atomic E-state index is 0.306. The van der Waals surface area contributed by atoms with Crippen LogP contribution in [0.4, 0.5) is 0 Å². The summed E-state index contributed by atoms with van der Waals surface area (Å²) < 4.78 is 0. The van der Waals surface area contributed by atoms with E-state index in [0.717, 1.165) is 6.42 Å². The fourth-order valence-electron chi connectivity index (χ4n) is 1.30. The molecule has 88 valence electrons. The third kappa shape index (κ3) is 9.47. The lowest BCUT2D eigenvalue weighted by Gasteiger charge is -2.01. The molecule has 2 N–H and O–H groups in total. The first kappa shape index (κ1) is 14.2. The van der Waals surface area contributed by atoms with E-state index in [4.69, 9.17) is 10.2 Å². The largest absolute Gasteiger partial charge is 0.479 e. The van der Waals surface area contributed by atoms with Crippen LogP contribution < -0.4 is 0 Å². The van der Waals surface area contributed by atoms with E-state index in [-0.39, 0.29) is 0 Å². The number of aliphatic hydroxyl groups excluding tert-OH is 1. The molecule has 0 heterocycles. The number of allylic oxidation sites excluding steroid dienone is 2. The second-order valence-corrected chi connectivity index (χ2v) is 3.75. The Labute approximate surface area is 91.8 Å². The number of carbonyl (C=O) groups is 1. The molecule has 0 aromatic carbocycles. The van der Waals surface area contributed by atoms with Crippen LogP contribution in [0.25, 0.3) is 0 Å². The van der Waals surface area contributed by atoms with Gasteiger partial charge in [0.2, 0.25) is 0 Å². The predicted octanol–water partition coefficient (Wildman–Crippen LogP) is 2.74. The lowest BCUT2D eigenvalue weighted by atomic mass is 10.1. The van der Waals surface area contributed by atoms with Crippen LogP contribution in [0.15, 0.2) is 12.2 Å². The van der Waals surface area contributed by atoms with Crippen molar-refractivity contribution in [2.24, 2.45) is 0 Å². The summed E-state index contributed by atoms with van der Waals surface area (Å²) in [5.74, 6) is -1.13. The number of unbranched alkanes of at least 4 members (excludes halogenated alkanes) is 4. The molecule has 0 radical (unpaired) electrons. The van der Waals surface area contributed by atoms with Gasteiger partial charge in [-0.3, -0.25) is 0 Å². The molecular weight excluding hydrogens is 192 g/mol. The average molecular weight is 214 g/mol. The fraction of sp³-hybridized carbons (Fsp3) is 0.750. The van der Waals surface area contributed by atoms with Crippen molar-refractivity contribution in [3.8, 4) is 0 Å². The molecule has 1 unspecified atom stereocenters. The Morgan fingerprint density at radius 3 is 2.47 bits per heavy atom. The first-order valence-corrected chi connectivity index (χ1v) is 5.74. The maximum atomic E-state index is 10.3. The lowest BCUT2D eigenvalue weighted by molar-refractivity contribution is -0.146. The van der Waals surface area contributed by atoms with Crippen molar-refractivity contribution in [2.75, 3.05) is 0 Å². The lowest BCUT2D eigenvalue weighted by Crippen LogP contribution is -2.18. The monoisotopic (exact) mass is 214 g/mol. The Morgan fingerprint density at radius 2 is 1.87 bits per heavy atom. The average Bonchev–Trinajstić information content (AvgIpc) is 2.21. The topological polar surface area (TPSA) is 57.5 Å². The molecule has 0 rings (SSSR count). The van der Waals surface area contributed by atoms with Crippen LogP contribution in [-0.4, -0.2) is 22.3 Å². The molecule has 0 spiro atoms. The minimum atomic E-state index is -1.21. The Balaban J connectivity index is 3.28. The highest BCUT2D eigenvalue weighted by Gasteiger charge is 2.10. The van der Waals surface area contributed by atoms with E-state index in [1.54, 1.807) is 0 Å². The van der Waals surface area contributed by atoms with Gasteiger partial charge in [0.05, 0.1) is 0 Å². The van der Waals surface area contributed by atoms with Crippen molar-refractivity contribution in [3.05, 3.63) is 12.2 Å². The predicted molar refractivity (Wildman–Crippen MR) is 60.8 cm³/mol. The third-order valence-electron chi connectivity index (χ3n) is 2.28. The summed E-state index contributed by atoms with van der Waals surface area (Å²) in [5, 5.41) is 17.4. The Morgan fingerprint density at radius 1 is 1.20 bits per heavy atom. The standard InChI is InChI=1S/C12H22O3/c1-2-3-4-5-6-7-8-9-10-11(13)12(14)15/h7-8,11,13H,2-6,9-10H2,1H3,(H,14,15). The Bertz CT molecular complexity index is 187. The molecule has 3 heteroatoms. The summed E-state index contributed by atoms with van der Waals surface area (Å²) in [5.41, 5.74) is 0. The summed E-state index contributed by atoms with van der Waals surface area (Å²) in [6.45, 7) is 2.18. The summed E-state index contributed by atoms with van der Waals surface area (Å²) in [6.07, 6.45) is 9.81. The number of carboxylic acid groups (broad SMARTS) is 1. The molecule has 0 aliphatic carbocycles. The Hall–Kier alpha value is -0.830. The van der Waals surface area contributed by atoms with Gasteiger partial charge < -0.3 is 10.2 Å². The second-order valence-electron chi connectivity index (χ2n) is 3.75. The maximum Gasteiger partial charge on any atom is 0.332 e. The SMILES string of the molecule is CCCCCCC=CCCC(O)C(=O)O. The first-order chi connectivity index (χ1) is 7.18. The molecule has 0 aromatic heterocycles. The number of aliphatic hydroxyl groups is 1. The van der Waals surface area contributed by atoms with Crippen molar-refractivity contribution >= 4 is 5.97 Å². The number of hydrogen-bond acceptors (Lipinski definition) is 2. The van der Waals surface area contributed by atoms with Crippen LogP contribution in [0.3, 0.4) is 0 Å². The van der Waals surface area contributed by atoms with E-state index in [2.05, 4.69) is 13.0 Å². The third-order valence-corrected chi connectivity index (χ3v) is 2.28. The zero-order valence-electron chi connectivity index (χ0n) is 9.48. The first-order valence-electron chi connectivity index (χ1n) is 5.74. The van der Waals surface area contributed by atoms with Gasteiger partial charge in [-0.05, 0) is 25.7 Å². The highest BCUT2D eigenvalue weighted by atomic mass is 16.4. The molecule has 0 fully saturated rings. The van der Waals surface area contributed by atoms with Gasteiger partial charge in [0.1, 0.15) is 0 Å². The van der Waals surface area contributed by atoms with Gasteiger partial charge in [0, 0.05) is 0 Å². The molecule has 0 saturated heterocycles. The van der Waals surface area contributed by atoms with Crippen molar-refractivity contribution in [3.63, 3.8) is 0 Å². The van der Waals surface area contributed by atoms with Crippen LogP contribution in [-0.2, 0) is 4.79 Å². The van der Waals surface area contributed by atoms with Gasteiger partial charge in [0.25, 0.3) is 0 Å². The van der Waals surface area contributed by atoms with E-state index in [1.807, 2.05) is 6.08 Å². The molecule has 0 saturated carbocycles. The molecular formula is C12H22O3. The smallest absolute Gasteiger partial charge is 0.332 e. The van der Waals surface area contributed by atoms with Gasteiger partial charge in [-0.25, -0.2) is 4.79 Å². The summed E-state index contributed by atoms with van der Waals surface area (Å²) >= 11 is 0. The van der Waals surface area contributed by atoms with Crippen molar-refractivity contribution < 1.29 is 15.0 Å². The minimum Gasteiger partial charge on any atom is -0.479 e.